The lowest BCUT2D eigenvalue weighted by atomic mass is 10.1. The molecule has 0 saturated carbocycles. The highest BCUT2D eigenvalue weighted by molar-refractivity contribution is 9.09. The lowest BCUT2D eigenvalue weighted by molar-refractivity contribution is 0.386. The second kappa shape index (κ2) is 5.96. The van der Waals surface area contributed by atoms with Gasteiger partial charge in [-0.2, -0.15) is 0 Å². The van der Waals surface area contributed by atoms with Gasteiger partial charge in [0.25, 0.3) is 0 Å². The van der Waals surface area contributed by atoms with Gasteiger partial charge in [-0.1, -0.05) is 28.1 Å². The number of aromatic nitrogens is 1. The van der Waals surface area contributed by atoms with Gasteiger partial charge in [0.2, 0.25) is 0 Å². The average Bonchev–Trinajstić information content (AvgIpc) is 2.40. The van der Waals surface area contributed by atoms with Crippen molar-refractivity contribution in [3.63, 3.8) is 0 Å². The first-order valence-corrected chi connectivity index (χ1v) is 6.49. The van der Waals surface area contributed by atoms with Crippen molar-refractivity contribution in [1.82, 2.24) is 4.98 Å². The van der Waals surface area contributed by atoms with E-state index >= 15 is 0 Å². The van der Waals surface area contributed by atoms with Crippen LogP contribution in [-0.4, -0.2) is 12.1 Å². The molecule has 0 saturated heterocycles. The average molecular weight is 310 g/mol. The van der Waals surface area contributed by atoms with Crippen LogP contribution in [0, 0.1) is 5.82 Å². The number of pyridine rings is 1. The highest BCUT2D eigenvalue weighted by atomic mass is 79.9. The molecule has 0 spiro atoms. The van der Waals surface area contributed by atoms with E-state index in [0.29, 0.717) is 0 Å². The van der Waals surface area contributed by atoms with E-state index in [0.717, 1.165) is 17.7 Å². The summed E-state index contributed by atoms with van der Waals surface area (Å²) < 4.78 is 18.3. The van der Waals surface area contributed by atoms with Gasteiger partial charge in [0.1, 0.15) is 0 Å². The second-order valence-electron chi connectivity index (χ2n) is 3.89. The first-order chi connectivity index (χ1) is 8.70. The smallest absolute Gasteiger partial charge is 0.165 e. The third-order valence-electron chi connectivity index (χ3n) is 2.65. The minimum absolute atomic E-state index is 0.0851. The number of rotatable bonds is 4. The fraction of sp³-hybridized carbons (Fsp3) is 0.214. The van der Waals surface area contributed by atoms with E-state index in [2.05, 4.69) is 20.9 Å². The first-order valence-electron chi connectivity index (χ1n) is 5.58. The molecular formula is C14H13BrFNO. The molecule has 18 heavy (non-hydrogen) atoms. The molecule has 1 heterocycles. The van der Waals surface area contributed by atoms with Crippen molar-refractivity contribution in [2.75, 3.05) is 7.11 Å². The third-order valence-corrected chi connectivity index (χ3v) is 3.50. The standard InChI is InChI=1S/C14H13BrFNO/c1-18-14-8-10(5-6-13(14)16)12(15)9-11-4-2-3-7-17-11/h2-8,12H,9H2,1H3. The monoisotopic (exact) mass is 309 g/mol. The normalized spacial score (nSPS) is 12.2. The highest BCUT2D eigenvalue weighted by Crippen LogP contribution is 2.30. The van der Waals surface area contributed by atoms with Crippen molar-refractivity contribution in [1.29, 1.82) is 0 Å². The molecule has 2 nitrogen and oxygen atoms in total. The molecule has 0 aliphatic rings. The Kier molecular flexibility index (Phi) is 4.31. The van der Waals surface area contributed by atoms with Crippen molar-refractivity contribution >= 4 is 15.9 Å². The van der Waals surface area contributed by atoms with Gasteiger partial charge in [-0.15, -0.1) is 0 Å². The molecule has 0 amide bonds. The number of halogens is 2. The zero-order valence-electron chi connectivity index (χ0n) is 9.94. The van der Waals surface area contributed by atoms with Crippen LogP contribution < -0.4 is 4.74 Å². The van der Waals surface area contributed by atoms with E-state index in [1.807, 2.05) is 18.2 Å². The van der Waals surface area contributed by atoms with E-state index in [1.165, 1.54) is 13.2 Å². The lowest BCUT2D eigenvalue weighted by Gasteiger charge is -2.11. The van der Waals surface area contributed by atoms with Crippen molar-refractivity contribution in [2.24, 2.45) is 0 Å². The van der Waals surface area contributed by atoms with Gasteiger partial charge in [0.05, 0.1) is 7.11 Å². The molecule has 1 unspecified atom stereocenters. The number of alkyl halides is 1. The molecule has 1 aromatic carbocycles. The van der Waals surface area contributed by atoms with Crippen LogP contribution in [0.3, 0.4) is 0 Å². The summed E-state index contributed by atoms with van der Waals surface area (Å²) in [6, 6.07) is 10.7. The number of hydrogen-bond donors (Lipinski definition) is 0. The van der Waals surface area contributed by atoms with E-state index in [-0.39, 0.29) is 16.4 Å². The van der Waals surface area contributed by atoms with Gasteiger partial charge in [-0.05, 0) is 29.8 Å². The number of hydrogen-bond acceptors (Lipinski definition) is 2. The van der Waals surface area contributed by atoms with E-state index in [9.17, 15) is 4.39 Å². The summed E-state index contributed by atoms with van der Waals surface area (Å²) >= 11 is 3.59. The highest BCUT2D eigenvalue weighted by Gasteiger charge is 2.12. The Balaban J connectivity index is 2.16. The summed E-state index contributed by atoms with van der Waals surface area (Å²) in [6.45, 7) is 0. The second-order valence-corrected chi connectivity index (χ2v) is 4.99. The summed E-state index contributed by atoms with van der Waals surface area (Å²) in [4.78, 5) is 4.35. The summed E-state index contributed by atoms with van der Waals surface area (Å²) in [6.07, 6.45) is 2.51. The van der Waals surface area contributed by atoms with Crippen LogP contribution in [0.4, 0.5) is 4.39 Å². The van der Waals surface area contributed by atoms with Crippen molar-refractivity contribution in [2.45, 2.75) is 11.2 Å². The molecule has 0 fully saturated rings. The lowest BCUT2D eigenvalue weighted by Crippen LogP contribution is -1.99. The zero-order valence-corrected chi connectivity index (χ0v) is 11.5. The molecule has 1 atom stereocenters. The van der Waals surface area contributed by atoms with Crippen LogP contribution in [0.25, 0.3) is 0 Å². The molecule has 94 valence electrons. The van der Waals surface area contributed by atoms with Crippen LogP contribution in [0.2, 0.25) is 0 Å². The maximum absolute atomic E-state index is 13.3. The van der Waals surface area contributed by atoms with Gasteiger partial charge < -0.3 is 4.74 Å². The molecule has 2 aromatic rings. The third kappa shape index (κ3) is 3.07. The molecule has 4 heteroatoms. The Hall–Kier alpha value is -1.42. The fourth-order valence-electron chi connectivity index (χ4n) is 1.69. The SMILES string of the molecule is COc1cc(C(Br)Cc2ccccn2)ccc1F. The minimum atomic E-state index is -0.348. The first kappa shape index (κ1) is 13.0. The minimum Gasteiger partial charge on any atom is -0.494 e. The predicted molar refractivity (Wildman–Crippen MR) is 72.6 cm³/mol. The Morgan fingerprint density at radius 3 is 2.83 bits per heavy atom. The predicted octanol–water partition coefficient (Wildman–Crippen LogP) is 3.91. The number of nitrogens with zero attached hydrogens (tertiary/aromatic N) is 1. The number of methoxy groups -OCH3 is 1. The zero-order chi connectivity index (χ0) is 13.0. The summed E-state index contributed by atoms with van der Waals surface area (Å²) in [5.41, 5.74) is 1.96. The topological polar surface area (TPSA) is 22.1 Å². The molecule has 2 rings (SSSR count). The van der Waals surface area contributed by atoms with Crippen molar-refractivity contribution in [3.8, 4) is 5.75 Å². The van der Waals surface area contributed by atoms with Crippen molar-refractivity contribution in [3.05, 3.63) is 59.7 Å². The molecule has 0 radical (unpaired) electrons. The molecule has 0 aliphatic heterocycles. The quantitative estimate of drug-likeness (QED) is 0.799. The van der Waals surface area contributed by atoms with Gasteiger partial charge in [0, 0.05) is 23.1 Å². The maximum Gasteiger partial charge on any atom is 0.165 e. The molecule has 0 aliphatic carbocycles. The Labute approximate surface area is 114 Å². The van der Waals surface area contributed by atoms with Crippen LogP contribution >= 0.6 is 15.9 Å². The van der Waals surface area contributed by atoms with Crippen LogP contribution in [0.15, 0.2) is 42.6 Å². The fourth-order valence-corrected chi connectivity index (χ4v) is 2.31. The van der Waals surface area contributed by atoms with Gasteiger partial charge in [-0.3, -0.25) is 4.98 Å². The summed E-state index contributed by atoms with van der Waals surface area (Å²) in [5.74, 6) is -0.0863. The number of benzene rings is 1. The van der Waals surface area contributed by atoms with Gasteiger partial charge in [0.15, 0.2) is 11.6 Å². The van der Waals surface area contributed by atoms with Gasteiger partial charge >= 0.3 is 0 Å². The van der Waals surface area contributed by atoms with Gasteiger partial charge in [-0.25, -0.2) is 4.39 Å². The largest absolute Gasteiger partial charge is 0.494 e. The van der Waals surface area contributed by atoms with E-state index in [1.54, 1.807) is 18.3 Å². The number of ether oxygens (including phenoxy) is 1. The molecular weight excluding hydrogens is 297 g/mol. The van der Waals surface area contributed by atoms with Crippen LogP contribution in [0.1, 0.15) is 16.1 Å². The van der Waals surface area contributed by atoms with Crippen LogP contribution in [0.5, 0.6) is 5.75 Å². The Morgan fingerprint density at radius 2 is 2.17 bits per heavy atom. The molecule has 0 bridgehead atoms. The molecule has 1 aromatic heterocycles. The summed E-state index contributed by atoms with van der Waals surface area (Å²) in [5, 5.41) is 0. The maximum atomic E-state index is 13.3. The molecule has 0 N–H and O–H groups in total. The summed E-state index contributed by atoms with van der Waals surface area (Å²) in [7, 11) is 1.46. The van der Waals surface area contributed by atoms with E-state index in [4.69, 9.17) is 4.74 Å². The Bertz CT molecular complexity index is 518. The van der Waals surface area contributed by atoms with Crippen LogP contribution in [-0.2, 0) is 6.42 Å². The van der Waals surface area contributed by atoms with Crippen molar-refractivity contribution < 1.29 is 9.13 Å². The van der Waals surface area contributed by atoms with E-state index < -0.39 is 0 Å². The Morgan fingerprint density at radius 1 is 1.33 bits per heavy atom.